The lowest BCUT2D eigenvalue weighted by atomic mass is 10.2. The first-order valence-corrected chi connectivity index (χ1v) is 8.56. The maximum Gasteiger partial charge on any atom is 0.338 e. The van der Waals surface area contributed by atoms with Gasteiger partial charge in [0.05, 0.1) is 12.7 Å². The van der Waals surface area contributed by atoms with E-state index in [9.17, 15) is 9.59 Å². The van der Waals surface area contributed by atoms with E-state index in [2.05, 4.69) is 5.32 Å². The maximum atomic E-state index is 11.9. The third-order valence-electron chi connectivity index (χ3n) is 3.33. The van der Waals surface area contributed by atoms with Crippen molar-refractivity contribution in [2.24, 2.45) is 0 Å². The molecule has 5 nitrogen and oxygen atoms in total. The predicted molar refractivity (Wildman–Crippen MR) is 93.3 cm³/mol. The van der Waals surface area contributed by atoms with E-state index in [1.807, 2.05) is 42.7 Å². The second-order valence-corrected chi connectivity index (χ2v) is 5.77. The van der Waals surface area contributed by atoms with Crippen LogP contribution < -0.4 is 10.1 Å². The normalized spacial score (nSPS) is 10.1. The van der Waals surface area contributed by atoms with Crippen LogP contribution >= 0.6 is 11.8 Å². The first-order chi connectivity index (χ1) is 11.6. The van der Waals surface area contributed by atoms with E-state index in [1.165, 1.54) is 0 Å². The molecule has 6 heteroatoms. The Balaban J connectivity index is 1.81. The molecule has 2 rings (SSSR count). The minimum atomic E-state index is -0.518. The Labute approximate surface area is 145 Å². The largest absolute Gasteiger partial charge is 0.496 e. The van der Waals surface area contributed by atoms with E-state index >= 15 is 0 Å². The molecule has 0 aliphatic carbocycles. The quantitative estimate of drug-likeness (QED) is 0.617. The van der Waals surface area contributed by atoms with Crippen LogP contribution in [-0.2, 0) is 16.1 Å². The molecule has 0 unspecified atom stereocenters. The lowest BCUT2D eigenvalue weighted by molar-refractivity contribution is -0.124. The number of rotatable bonds is 7. The minimum Gasteiger partial charge on any atom is -0.496 e. The zero-order valence-electron chi connectivity index (χ0n) is 13.6. The summed E-state index contributed by atoms with van der Waals surface area (Å²) in [4.78, 5) is 24.8. The fourth-order valence-electron chi connectivity index (χ4n) is 2.04. The van der Waals surface area contributed by atoms with Gasteiger partial charge >= 0.3 is 5.97 Å². The minimum absolute atomic E-state index is 0.308. The number of carbonyl (C=O) groups is 2. The lowest BCUT2D eigenvalue weighted by Gasteiger charge is -2.10. The number of hydrogen-bond acceptors (Lipinski definition) is 5. The number of esters is 1. The molecule has 24 heavy (non-hydrogen) atoms. The van der Waals surface area contributed by atoms with Gasteiger partial charge < -0.3 is 14.8 Å². The molecule has 126 valence electrons. The van der Waals surface area contributed by atoms with Crippen molar-refractivity contribution >= 4 is 23.6 Å². The smallest absolute Gasteiger partial charge is 0.338 e. The highest BCUT2D eigenvalue weighted by atomic mass is 32.2. The summed E-state index contributed by atoms with van der Waals surface area (Å²) >= 11 is 1.59. The first-order valence-electron chi connectivity index (χ1n) is 7.34. The van der Waals surface area contributed by atoms with Gasteiger partial charge in [-0.2, -0.15) is 0 Å². The Morgan fingerprint density at radius 3 is 2.46 bits per heavy atom. The molecule has 0 heterocycles. The molecule has 0 bridgehead atoms. The van der Waals surface area contributed by atoms with E-state index in [0.29, 0.717) is 17.9 Å². The number of methoxy groups -OCH3 is 1. The Hall–Kier alpha value is -2.47. The van der Waals surface area contributed by atoms with Gasteiger partial charge in [-0.3, -0.25) is 4.79 Å². The third kappa shape index (κ3) is 5.03. The van der Waals surface area contributed by atoms with Crippen LogP contribution in [0.4, 0.5) is 0 Å². The number of thioether (sulfide) groups is 1. The highest BCUT2D eigenvalue weighted by Gasteiger charge is 2.10. The number of nitrogens with one attached hydrogen (secondary N) is 1. The van der Waals surface area contributed by atoms with Crippen molar-refractivity contribution in [1.29, 1.82) is 0 Å². The highest BCUT2D eigenvalue weighted by Crippen LogP contribution is 2.17. The Morgan fingerprint density at radius 1 is 1.08 bits per heavy atom. The topological polar surface area (TPSA) is 64.6 Å². The molecular weight excluding hydrogens is 326 g/mol. The van der Waals surface area contributed by atoms with Gasteiger partial charge in [0.1, 0.15) is 5.75 Å². The number of para-hydroxylation sites is 1. The standard InChI is InChI=1S/C18H19NO4S/c1-22-16-6-4-3-5-14(16)11-19-17(20)12-23-18(21)13-7-9-15(24-2)10-8-13/h3-10H,11-12H2,1-2H3,(H,19,20). The van der Waals surface area contributed by atoms with Crippen LogP contribution in [0.3, 0.4) is 0 Å². The summed E-state index contributed by atoms with van der Waals surface area (Å²) in [6, 6.07) is 14.4. The van der Waals surface area contributed by atoms with Crippen molar-refractivity contribution in [3.05, 3.63) is 59.7 Å². The van der Waals surface area contributed by atoms with Crippen LogP contribution in [0, 0.1) is 0 Å². The molecule has 1 amide bonds. The fraction of sp³-hybridized carbons (Fsp3) is 0.222. The second-order valence-electron chi connectivity index (χ2n) is 4.89. The molecular formula is C18H19NO4S. The van der Waals surface area contributed by atoms with Crippen LogP contribution in [0.1, 0.15) is 15.9 Å². The monoisotopic (exact) mass is 345 g/mol. The van der Waals surface area contributed by atoms with Crippen molar-refractivity contribution < 1.29 is 19.1 Å². The van der Waals surface area contributed by atoms with Crippen molar-refractivity contribution in [2.45, 2.75) is 11.4 Å². The number of carbonyl (C=O) groups excluding carboxylic acids is 2. The van der Waals surface area contributed by atoms with Crippen LogP contribution in [-0.4, -0.2) is 31.8 Å². The molecule has 0 aliphatic heterocycles. The SMILES string of the molecule is COc1ccccc1CNC(=O)COC(=O)c1ccc(SC)cc1. The Morgan fingerprint density at radius 2 is 1.79 bits per heavy atom. The van der Waals surface area contributed by atoms with Gasteiger partial charge in [-0.25, -0.2) is 4.79 Å². The van der Waals surface area contributed by atoms with Crippen molar-refractivity contribution in [3.8, 4) is 5.75 Å². The van der Waals surface area contributed by atoms with Gasteiger partial charge in [0.2, 0.25) is 0 Å². The van der Waals surface area contributed by atoms with E-state index in [0.717, 1.165) is 10.5 Å². The lowest BCUT2D eigenvalue weighted by Crippen LogP contribution is -2.28. The molecule has 0 saturated heterocycles. The average Bonchev–Trinajstić information content (AvgIpc) is 2.64. The van der Waals surface area contributed by atoms with Crippen LogP contribution in [0.2, 0.25) is 0 Å². The summed E-state index contributed by atoms with van der Waals surface area (Å²) in [5, 5.41) is 2.70. The van der Waals surface area contributed by atoms with E-state index in [1.54, 1.807) is 31.0 Å². The predicted octanol–water partition coefficient (Wildman–Crippen LogP) is 2.89. The molecule has 0 fully saturated rings. The molecule has 2 aromatic carbocycles. The Kier molecular flexibility index (Phi) is 6.69. The number of ether oxygens (including phenoxy) is 2. The maximum absolute atomic E-state index is 11.9. The second kappa shape index (κ2) is 8.98. The summed E-state index contributed by atoms with van der Waals surface area (Å²) in [7, 11) is 1.57. The fourth-order valence-corrected chi connectivity index (χ4v) is 2.44. The Bertz CT molecular complexity index is 700. The molecule has 1 N–H and O–H groups in total. The molecule has 0 spiro atoms. The van der Waals surface area contributed by atoms with E-state index in [-0.39, 0.29) is 12.5 Å². The van der Waals surface area contributed by atoms with Crippen LogP contribution in [0.25, 0.3) is 0 Å². The molecule has 0 radical (unpaired) electrons. The summed E-state index contributed by atoms with van der Waals surface area (Å²) in [5.74, 6) is -0.186. The third-order valence-corrected chi connectivity index (χ3v) is 4.07. The van der Waals surface area contributed by atoms with E-state index in [4.69, 9.17) is 9.47 Å². The highest BCUT2D eigenvalue weighted by molar-refractivity contribution is 7.98. The van der Waals surface area contributed by atoms with Crippen molar-refractivity contribution in [3.63, 3.8) is 0 Å². The zero-order chi connectivity index (χ0) is 17.4. The van der Waals surface area contributed by atoms with Gasteiger partial charge in [0.15, 0.2) is 6.61 Å². The van der Waals surface area contributed by atoms with Gasteiger partial charge in [-0.05, 0) is 36.6 Å². The van der Waals surface area contributed by atoms with Crippen LogP contribution in [0.15, 0.2) is 53.4 Å². The summed E-state index contributed by atoms with van der Waals surface area (Å²) in [6.07, 6.45) is 1.96. The van der Waals surface area contributed by atoms with Crippen molar-refractivity contribution in [2.75, 3.05) is 20.0 Å². The van der Waals surface area contributed by atoms with E-state index < -0.39 is 5.97 Å². The number of benzene rings is 2. The summed E-state index contributed by atoms with van der Waals surface area (Å²) in [6.45, 7) is -0.0128. The molecule has 0 saturated carbocycles. The average molecular weight is 345 g/mol. The van der Waals surface area contributed by atoms with Crippen LogP contribution in [0.5, 0.6) is 5.75 Å². The number of hydrogen-bond donors (Lipinski definition) is 1. The molecule has 0 atom stereocenters. The zero-order valence-corrected chi connectivity index (χ0v) is 14.4. The van der Waals surface area contributed by atoms with Gasteiger partial charge in [-0.1, -0.05) is 18.2 Å². The van der Waals surface area contributed by atoms with Gasteiger partial charge in [0.25, 0.3) is 5.91 Å². The summed E-state index contributed by atoms with van der Waals surface area (Å²) < 4.78 is 10.2. The van der Waals surface area contributed by atoms with Gasteiger partial charge in [0, 0.05) is 17.0 Å². The number of amides is 1. The first kappa shape index (κ1) is 17.9. The van der Waals surface area contributed by atoms with Gasteiger partial charge in [-0.15, -0.1) is 11.8 Å². The summed E-state index contributed by atoms with van der Waals surface area (Å²) in [5.41, 5.74) is 1.28. The molecule has 0 aliphatic rings. The molecule has 0 aromatic heterocycles. The molecule has 2 aromatic rings. The van der Waals surface area contributed by atoms with Crippen molar-refractivity contribution in [1.82, 2.24) is 5.32 Å².